The predicted molar refractivity (Wildman–Crippen MR) is 121 cm³/mol. The molecule has 2 aromatic carbocycles. The Morgan fingerprint density at radius 1 is 1.09 bits per heavy atom. The van der Waals surface area contributed by atoms with Crippen molar-refractivity contribution in [1.29, 1.82) is 0 Å². The number of hydrogen-bond acceptors (Lipinski definition) is 5. The van der Waals surface area contributed by atoms with Crippen LogP contribution >= 0.6 is 11.6 Å². The first-order chi connectivity index (χ1) is 15.7. The Hall–Kier alpha value is -3.45. The van der Waals surface area contributed by atoms with Crippen molar-refractivity contribution < 1.29 is 13.5 Å². The van der Waals surface area contributed by atoms with E-state index in [1.165, 1.54) is 17.7 Å². The quantitative estimate of drug-likeness (QED) is 0.283. The van der Waals surface area contributed by atoms with Crippen LogP contribution in [0.2, 0.25) is 5.02 Å². The van der Waals surface area contributed by atoms with Crippen LogP contribution in [0.25, 0.3) is 12.2 Å². The van der Waals surface area contributed by atoms with Crippen molar-refractivity contribution in [3.05, 3.63) is 94.7 Å². The van der Waals surface area contributed by atoms with Crippen LogP contribution in [0.3, 0.4) is 0 Å². The summed E-state index contributed by atoms with van der Waals surface area (Å²) < 4.78 is 26.2. The van der Waals surface area contributed by atoms with Gasteiger partial charge in [0.05, 0.1) is 11.2 Å². The largest absolute Gasteiger partial charge is 0.487 e. The number of unbranched alkanes of at least 4 members (excludes halogenated alkanes) is 1. The Morgan fingerprint density at radius 2 is 1.97 bits per heavy atom. The minimum absolute atomic E-state index is 0.298. The van der Waals surface area contributed by atoms with E-state index >= 15 is 0 Å². The van der Waals surface area contributed by atoms with Crippen LogP contribution in [0.4, 0.5) is 4.39 Å². The van der Waals surface area contributed by atoms with Crippen molar-refractivity contribution in [2.45, 2.75) is 32.4 Å². The summed E-state index contributed by atoms with van der Waals surface area (Å²) in [5, 5.41) is 8.10. The molecule has 4 rings (SSSR count). The molecule has 164 valence electrons. The van der Waals surface area contributed by atoms with Gasteiger partial charge in [-0.3, -0.25) is 4.68 Å². The second kappa shape index (κ2) is 10.7. The van der Waals surface area contributed by atoms with Gasteiger partial charge in [-0.2, -0.15) is 0 Å². The molecule has 0 fully saturated rings. The lowest BCUT2D eigenvalue weighted by Crippen LogP contribution is -1.99. The van der Waals surface area contributed by atoms with E-state index < -0.39 is 0 Å². The summed E-state index contributed by atoms with van der Waals surface area (Å²) >= 11 is 6.02. The van der Waals surface area contributed by atoms with Crippen LogP contribution in [-0.2, 0) is 19.6 Å². The lowest BCUT2D eigenvalue weighted by molar-refractivity contribution is 0.301. The summed E-state index contributed by atoms with van der Waals surface area (Å²) in [6.45, 7) is 1.18. The molecule has 0 unspecified atom stereocenters. The maximum Gasteiger partial charge on any atom is 0.218 e. The molecule has 0 spiro atoms. The van der Waals surface area contributed by atoms with Crippen LogP contribution in [0, 0.1) is 5.82 Å². The molecular formula is C24H22ClFN4O2. The second-order valence-corrected chi connectivity index (χ2v) is 7.64. The van der Waals surface area contributed by atoms with Crippen LogP contribution < -0.4 is 4.74 Å². The number of benzene rings is 2. The van der Waals surface area contributed by atoms with Crippen molar-refractivity contribution >= 4 is 23.8 Å². The predicted octanol–water partition coefficient (Wildman–Crippen LogP) is 5.83. The van der Waals surface area contributed by atoms with E-state index in [0.717, 1.165) is 31.6 Å². The Balaban J connectivity index is 1.22. The number of nitrogens with zero attached hydrogens (tertiary/aromatic N) is 4. The number of aromatic nitrogens is 4. The zero-order valence-corrected chi connectivity index (χ0v) is 18.1. The third-order valence-corrected chi connectivity index (χ3v) is 5.15. The Bertz CT molecular complexity index is 1160. The maximum atomic E-state index is 13.1. The van der Waals surface area contributed by atoms with E-state index in [1.54, 1.807) is 30.7 Å². The Morgan fingerprint density at radius 3 is 2.75 bits per heavy atom. The number of ether oxygens (including phenoxy) is 1. The average molecular weight is 453 g/mol. The smallest absolute Gasteiger partial charge is 0.218 e. The molecule has 6 nitrogen and oxygen atoms in total. The molecule has 0 N–H and O–H groups in total. The highest BCUT2D eigenvalue weighted by molar-refractivity contribution is 6.32. The number of aryl methyl sites for hydroxylation is 2. The normalized spacial score (nSPS) is 11.3. The number of halogens is 2. The average Bonchev–Trinajstić information content (AvgIpc) is 3.48. The molecule has 0 aliphatic heterocycles. The molecule has 0 aliphatic rings. The van der Waals surface area contributed by atoms with E-state index in [0.29, 0.717) is 28.8 Å². The SMILES string of the molecule is Fc1ccc(C=Cc2nc(COc3ccc(CCCCn4ccnn4)cc3)co2)c(Cl)c1. The molecule has 2 heterocycles. The zero-order valence-electron chi connectivity index (χ0n) is 17.3. The zero-order chi connectivity index (χ0) is 22.2. The fourth-order valence-electron chi connectivity index (χ4n) is 3.13. The number of rotatable bonds is 10. The highest BCUT2D eigenvalue weighted by Gasteiger charge is 2.04. The summed E-state index contributed by atoms with van der Waals surface area (Å²) in [6, 6.07) is 12.3. The fraction of sp³-hybridized carbons (Fsp3) is 0.208. The Labute approximate surface area is 190 Å². The van der Waals surface area contributed by atoms with E-state index in [2.05, 4.69) is 27.4 Å². The van der Waals surface area contributed by atoms with Gasteiger partial charge in [0, 0.05) is 18.8 Å². The van der Waals surface area contributed by atoms with Crippen molar-refractivity contribution in [3.63, 3.8) is 0 Å². The molecule has 2 aromatic heterocycles. The first kappa shape index (κ1) is 21.8. The van der Waals surface area contributed by atoms with Crippen LogP contribution in [0.5, 0.6) is 5.75 Å². The lowest BCUT2D eigenvalue weighted by Gasteiger charge is -2.06. The highest BCUT2D eigenvalue weighted by Crippen LogP contribution is 2.20. The van der Waals surface area contributed by atoms with E-state index in [-0.39, 0.29) is 5.82 Å². The molecule has 0 bridgehead atoms. The van der Waals surface area contributed by atoms with E-state index in [1.807, 2.05) is 23.0 Å². The maximum absolute atomic E-state index is 13.1. The van der Waals surface area contributed by atoms with E-state index in [4.69, 9.17) is 20.8 Å². The van der Waals surface area contributed by atoms with Gasteiger partial charge in [0.25, 0.3) is 0 Å². The minimum Gasteiger partial charge on any atom is -0.487 e. The van der Waals surface area contributed by atoms with Crippen LogP contribution in [0.1, 0.15) is 35.6 Å². The molecular weight excluding hydrogens is 431 g/mol. The van der Waals surface area contributed by atoms with Crippen molar-refractivity contribution in [1.82, 2.24) is 20.0 Å². The lowest BCUT2D eigenvalue weighted by atomic mass is 10.1. The fourth-order valence-corrected chi connectivity index (χ4v) is 3.36. The number of oxazole rings is 1. The van der Waals surface area contributed by atoms with Crippen molar-refractivity contribution in [3.8, 4) is 5.75 Å². The first-order valence-corrected chi connectivity index (χ1v) is 10.7. The first-order valence-electron chi connectivity index (χ1n) is 10.3. The second-order valence-electron chi connectivity index (χ2n) is 7.23. The van der Waals surface area contributed by atoms with E-state index in [9.17, 15) is 4.39 Å². The molecule has 8 heteroatoms. The molecule has 0 amide bonds. The summed E-state index contributed by atoms with van der Waals surface area (Å²) in [6.07, 6.45) is 11.7. The summed E-state index contributed by atoms with van der Waals surface area (Å²) in [5.41, 5.74) is 2.62. The topological polar surface area (TPSA) is 66.0 Å². The van der Waals surface area contributed by atoms with Gasteiger partial charge < -0.3 is 9.15 Å². The van der Waals surface area contributed by atoms with Crippen molar-refractivity contribution in [2.75, 3.05) is 0 Å². The van der Waals surface area contributed by atoms with Gasteiger partial charge in [-0.15, -0.1) is 5.10 Å². The molecule has 32 heavy (non-hydrogen) atoms. The highest BCUT2D eigenvalue weighted by atomic mass is 35.5. The van der Waals surface area contributed by atoms with Gasteiger partial charge in [0.2, 0.25) is 5.89 Å². The minimum atomic E-state index is -0.376. The van der Waals surface area contributed by atoms with Gasteiger partial charge in [0.15, 0.2) is 0 Å². The monoisotopic (exact) mass is 452 g/mol. The summed E-state index contributed by atoms with van der Waals surface area (Å²) in [7, 11) is 0. The van der Waals surface area contributed by atoms with Gasteiger partial charge >= 0.3 is 0 Å². The van der Waals surface area contributed by atoms with Crippen LogP contribution in [0.15, 0.2) is 65.5 Å². The van der Waals surface area contributed by atoms with Gasteiger partial charge in [-0.1, -0.05) is 35.0 Å². The standard InChI is InChI=1S/C24H22ClFN4O2/c25-23-15-20(26)8-6-19(23)7-11-24-28-21(17-32-24)16-31-22-9-4-18(5-10-22)3-1-2-13-30-14-12-27-29-30/h4-12,14-15,17H,1-3,13,16H2. The molecule has 4 aromatic rings. The van der Waals surface area contributed by atoms with Gasteiger partial charge in [-0.25, -0.2) is 9.37 Å². The molecule has 0 saturated carbocycles. The molecule has 0 radical (unpaired) electrons. The summed E-state index contributed by atoms with van der Waals surface area (Å²) in [4.78, 5) is 4.37. The number of hydrogen-bond donors (Lipinski definition) is 0. The van der Waals surface area contributed by atoms with Gasteiger partial charge in [0.1, 0.15) is 30.1 Å². The molecule has 0 atom stereocenters. The summed E-state index contributed by atoms with van der Waals surface area (Å²) in [5.74, 6) is 0.818. The van der Waals surface area contributed by atoms with Gasteiger partial charge in [-0.05, 0) is 60.7 Å². The third kappa shape index (κ3) is 6.28. The van der Waals surface area contributed by atoms with Crippen LogP contribution in [-0.4, -0.2) is 20.0 Å². The third-order valence-electron chi connectivity index (χ3n) is 4.82. The molecule has 0 aliphatic carbocycles. The Kier molecular flexibility index (Phi) is 7.30. The molecule has 0 saturated heterocycles. The van der Waals surface area contributed by atoms with Crippen molar-refractivity contribution in [2.24, 2.45) is 0 Å².